The summed E-state index contributed by atoms with van der Waals surface area (Å²) in [4.78, 5) is 32.7. The normalized spacial score (nSPS) is 17.5. The van der Waals surface area contributed by atoms with Crippen LogP contribution in [0.25, 0.3) is 16.0 Å². The van der Waals surface area contributed by atoms with Gasteiger partial charge in [-0.25, -0.2) is 4.98 Å². The number of Topliss-reactive ketones (excluding diaryl/α,β-unsaturated/α-hetero) is 1. The summed E-state index contributed by atoms with van der Waals surface area (Å²) in [7, 11) is 0. The van der Waals surface area contributed by atoms with Gasteiger partial charge in [-0.05, 0) is 49.2 Å². The number of carbonyl (C=O) groups excluding carboxylic acids is 2. The summed E-state index contributed by atoms with van der Waals surface area (Å²) in [5.74, 6) is -1.14. The molecule has 1 unspecified atom stereocenters. The van der Waals surface area contributed by atoms with Crippen LogP contribution in [0.3, 0.4) is 0 Å². The van der Waals surface area contributed by atoms with Crippen LogP contribution in [0.15, 0.2) is 78.4 Å². The van der Waals surface area contributed by atoms with Gasteiger partial charge in [-0.2, -0.15) is 0 Å². The Balaban J connectivity index is 1.70. The van der Waals surface area contributed by atoms with Crippen LogP contribution in [0.1, 0.15) is 29.7 Å². The van der Waals surface area contributed by atoms with Crippen LogP contribution in [0.5, 0.6) is 5.75 Å². The standard InChI is InChI=1S/C27H22N2O4S/c1-3-33-19-11-7-10-18(15-19)24(30)22-23(17-8-5-4-6-9-17)29(26(32)25(22)31)27-28-20-13-12-16(2)14-21(20)34-27/h4-15,23,30H,3H2,1-2H3. The highest BCUT2D eigenvalue weighted by Gasteiger charge is 2.48. The highest BCUT2D eigenvalue weighted by molar-refractivity contribution is 7.22. The number of aryl methyl sites for hydroxylation is 1. The predicted octanol–water partition coefficient (Wildman–Crippen LogP) is 5.63. The number of aromatic nitrogens is 1. The Morgan fingerprint density at radius 1 is 1.06 bits per heavy atom. The Morgan fingerprint density at radius 3 is 2.62 bits per heavy atom. The van der Waals surface area contributed by atoms with Gasteiger partial charge in [0, 0.05) is 5.56 Å². The van der Waals surface area contributed by atoms with Gasteiger partial charge in [0.15, 0.2) is 5.13 Å². The number of aliphatic hydroxyl groups is 1. The van der Waals surface area contributed by atoms with E-state index in [1.165, 1.54) is 16.2 Å². The molecule has 1 atom stereocenters. The van der Waals surface area contributed by atoms with Gasteiger partial charge in [-0.1, -0.05) is 59.9 Å². The van der Waals surface area contributed by atoms with Crippen molar-refractivity contribution in [1.82, 2.24) is 4.98 Å². The number of rotatable bonds is 5. The van der Waals surface area contributed by atoms with Gasteiger partial charge in [0.1, 0.15) is 11.5 Å². The Morgan fingerprint density at radius 2 is 1.85 bits per heavy atom. The van der Waals surface area contributed by atoms with E-state index in [4.69, 9.17) is 4.74 Å². The third-order valence-corrected chi connectivity index (χ3v) is 6.73. The SMILES string of the molecule is CCOc1cccc(C(O)=C2C(=O)C(=O)N(c3nc4ccc(C)cc4s3)C2c2ccccc2)c1. The smallest absolute Gasteiger partial charge is 0.301 e. The molecule has 1 aliphatic rings. The van der Waals surface area contributed by atoms with Gasteiger partial charge in [0.2, 0.25) is 0 Å². The van der Waals surface area contributed by atoms with E-state index in [1.54, 1.807) is 24.3 Å². The summed E-state index contributed by atoms with van der Waals surface area (Å²) in [6.45, 7) is 4.33. The van der Waals surface area contributed by atoms with Crippen LogP contribution in [-0.4, -0.2) is 28.4 Å². The van der Waals surface area contributed by atoms with Crippen molar-refractivity contribution in [2.45, 2.75) is 19.9 Å². The summed E-state index contributed by atoms with van der Waals surface area (Å²) in [5, 5.41) is 11.7. The number of aliphatic hydroxyl groups excluding tert-OH is 1. The molecule has 1 fully saturated rings. The fourth-order valence-corrected chi connectivity index (χ4v) is 5.25. The first-order chi connectivity index (χ1) is 16.5. The number of hydrogen-bond acceptors (Lipinski definition) is 6. The molecule has 4 aromatic rings. The van der Waals surface area contributed by atoms with Gasteiger partial charge in [-0.3, -0.25) is 14.5 Å². The lowest BCUT2D eigenvalue weighted by Crippen LogP contribution is -2.29. The van der Waals surface area contributed by atoms with Gasteiger partial charge >= 0.3 is 5.91 Å². The lowest BCUT2D eigenvalue weighted by Gasteiger charge is -2.23. The summed E-state index contributed by atoms with van der Waals surface area (Å²) in [6, 6.07) is 21.1. The molecule has 6 nitrogen and oxygen atoms in total. The Labute approximate surface area is 200 Å². The maximum Gasteiger partial charge on any atom is 0.301 e. The summed E-state index contributed by atoms with van der Waals surface area (Å²) >= 11 is 1.35. The van der Waals surface area contributed by atoms with Crippen LogP contribution in [0, 0.1) is 6.92 Å². The van der Waals surface area contributed by atoms with Gasteiger partial charge in [-0.15, -0.1) is 0 Å². The molecule has 170 valence electrons. The number of fused-ring (bicyclic) bond motifs is 1. The Bertz CT molecular complexity index is 1440. The molecule has 3 aromatic carbocycles. The fraction of sp³-hybridized carbons (Fsp3) is 0.148. The fourth-order valence-electron chi connectivity index (χ4n) is 4.16. The van der Waals surface area contributed by atoms with Crippen LogP contribution in [0.2, 0.25) is 0 Å². The first-order valence-electron chi connectivity index (χ1n) is 10.9. The van der Waals surface area contributed by atoms with Crippen LogP contribution in [0.4, 0.5) is 5.13 Å². The van der Waals surface area contributed by atoms with Crippen LogP contribution >= 0.6 is 11.3 Å². The Hall–Kier alpha value is -3.97. The molecule has 1 saturated heterocycles. The highest BCUT2D eigenvalue weighted by atomic mass is 32.1. The number of anilines is 1. The maximum absolute atomic E-state index is 13.3. The number of benzene rings is 3. The minimum absolute atomic E-state index is 0.0280. The second-order valence-electron chi connectivity index (χ2n) is 8.01. The van der Waals surface area contributed by atoms with E-state index in [0.717, 1.165) is 15.8 Å². The van der Waals surface area contributed by atoms with Crippen LogP contribution in [-0.2, 0) is 9.59 Å². The molecule has 2 heterocycles. The Kier molecular flexibility index (Phi) is 5.63. The monoisotopic (exact) mass is 470 g/mol. The average molecular weight is 471 g/mol. The molecule has 1 amide bonds. The van der Waals surface area contributed by atoms with Gasteiger partial charge in [0.05, 0.1) is 28.4 Å². The van der Waals surface area contributed by atoms with Crippen molar-refractivity contribution >= 4 is 44.1 Å². The van der Waals surface area contributed by atoms with Crippen molar-refractivity contribution in [3.8, 4) is 5.75 Å². The lowest BCUT2D eigenvalue weighted by molar-refractivity contribution is -0.132. The number of nitrogens with zero attached hydrogens (tertiary/aromatic N) is 2. The number of thiazole rings is 1. The number of ether oxygens (including phenoxy) is 1. The maximum atomic E-state index is 13.3. The van der Waals surface area contributed by atoms with Crippen molar-refractivity contribution in [2.24, 2.45) is 0 Å². The van der Waals surface area contributed by atoms with Crippen molar-refractivity contribution < 1.29 is 19.4 Å². The van der Waals surface area contributed by atoms with Crippen molar-refractivity contribution in [3.63, 3.8) is 0 Å². The molecule has 0 aliphatic carbocycles. The summed E-state index contributed by atoms with van der Waals surface area (Å²) in [5.41, 5.74) is 2.98. The van der Waals surface area contributed by atoms with Crippen LogP contribution < -0.4 is 9.64 Å². The number of ketones is 1. The molecular formula is C27H22N2O4S. The zero-order valence-electron chi connectivity index (χ0n) is 18.7. The lowest BCUT2D eigenvalue weighted by atomic mass is 9.95. The molecule has 0 saturated carbocycles. The first kappa shape index (κ1) is 21.9. The molecule has 0 spiro atoms. The number of hydrogen-bond donors (Lipinski definition) is 1. The van der Waals surface area contributed by atoms with Gasteiger partial charge < -0.3 is 9.84 Å². The van der Waals surface area contributed by atoms with E-state index < -0.39 is 17.7 Å². The molecule has 0 radical (unpaired) electrons. The molecule has 0 bridgehead atoms. The molecule has 7 heteroatoms. The first-order valence-corrected chi connectivity index (χ1v) is 11.8. The van der Waals surface area contributed by atoms with Crippen molar-refractivity contribution in [2.75, 3.05) is 11.5 Å². The second kappa shape index (κ2) is 8.76. The largest absolute Gasteiger partial charge is 0.507 e. The molecular weight excluding hydrogens is 448 g/mol. The average Bonchev–Trinajstić information content (AvgIpc) is 3.37. The third-order valence-electron chi connectivity index (χ3n) is 5.72. The van der Waals surface area contributed by atoms with E-state index in [9.17, 15) is 14.7 Å². The number of amides is 1. The van der Waals surface area contributed by atoms with Crippen molar-refractivity contribution in [1.29, 1.82) is 0 Å². The summed E-state index contributed by atoms with van der Waals surface area (Å²) in [6.07, 6.45) is 0. The second-order valence-corrected chi connectivity index (χ2v) is 9.02. The topological polar surface area (TPSA) is 79.7 Å². The predicted molar refractivity (Wildman–Crippen MR) is 133 cm³/mol. The van der Waals surface area contributed by atoms with E-state index in [0.29, 0.717) is 28.6 Å². The minimum atomic E-state index is -0.807. The summed E-state index contributed by atoms with van der Waals surface area (Å²) < 4.78 is 6.47. The molecule has 5 rings (SSSR count). The molecule has 1 aromatic heterocycles. The third kappa shape index (κ3) is 3.74. The molecule has 34 heavy (non-hydrogen) atoms. The van der Waals surface area contributed by atoms with E-state index in [2.05, 4.69) is 4.98 Å². The van der Waals surface area contributed by atoms with Crippen molar-refractivity contribution in [3.05, 3.63) is 95.1 Å². The van der Waals surface area contributed by atoms with E-state index in [1.807, 2.05) is 62.4 Å². The molecule has 1 aliphatic heterocycles. The van der Waals surface area contributed by atoms with Gasteiger partial charge in [0.25, 0.3) is 5.78 Å². The molecule has 1 N–H and O–H groups in total. The minimum Gasteiger partial charge on any atom is -0.507 e. The number of carbonyl (C=O) groups is 2. The van der Waals surface area contributed by atoms with E-state index in [-0.39, 0.29) is 11.3 Å². The highest BCUT2D eigenvalue weighted by Crippen LogP contribution is 2.44. The zero-order valence-corrected chi connectivity index (χ0v) is 19.5. The quantitative estimate of drug-likeness (QED) is 0.232. The van der Waals surface area contributed by atoms with E-state index >= 15 is 0 Å². The zero-order chi connectivity index (χ0) is 23.8.